The van der Waals surface area contributed by atoms with Crippen molar-refractivity contribution in [3.8, 4) is 6.07 Å². The van der Waals surface area contributed by atoms with E-state index < -0.39 is 0 Å². The van der Waals surface area contributed by atoms with Gasteiger partial charge in [-0.1, -0.05) is 25.1 Å². The Labute approximate surface area is 172 Å². The molecule has 0 spiro atoms. The van der Waals surface area contributed by atoms with Crippen LogP contribution in [0.2, 0.25) is 0 Å². The van der Waals surface area contributed by atoms with Crippen molar-refractivity contribution in [1.82, 2.24) is 14.8 Å². The molecule has 2 aromatic rings. The number of benzene rings is 1. The van der Waals surface area contributed by atoms with Crippen molar-refractivity contribution < 1.29 is 4.79 Å². The first-order chi connectivity index (χ1) is 14.0. The topological polar surface area (TPSA) is 60.2 Å². The Hall–Kier alpha value is -2.45. The van der Waals surface area contributed by atoms with E-state index >= 15 is 0 Å². The average molecular weight is 389 g/mol. The number of nitrogens with zero attached hydrogens (tertiary/aromatic N) is 4. The first-order valence-corrected chi connectivity index (χ1v) is 10.8. The van der Waals surface area contributed by atoms with Gasteiger partial charge in [-0.3, -0.25) is 9.78 Å². The van der Waals surface area contributed by atoms with Gasteiger partial charge in [-0.05, 0) is 49.3 Å². The third-order valence-corrected chi connectivity index (χ3v) is 7.26. The summed E-state index contributed by atoms with van der Waals surface area (Å²) in [6, 6.07) is 12.1. The van der Waals surface area contributed by atoms with Gasteiger partial charge < -0.3 is 9.80 Å². The Kier molecular flexibility index (Phi) is 4.55. The standard InChI is InChI=1S/C24H28N4O/c1-15-8-18(22-7-6-16-4-3-5-17(10-25)24(16)26-22)12-28(11-15)23(29)9-19-20-13-27(2)14-21(19)20/h3-7,15,18-21H,8-9,11-14H2,1-2H3/t15-,18-,19?,20-,21+/m0/s1. The maximum absolute atomic E-state index is 13.0. The number of carbonyl (C=O) groups excluding carboxylic acids is 1. The summed E-state index contributed by atoms with van der Waals surface area (Å²) < 4.78 is 0. The summed E-state index contributed by atoms with van der Waals surface area (Å²) in [7, 11) is 2.18. The molecule has 0 N–H and O–H groups in total. The molecule has 1 aliphatic carbocycles. The molecule has 5 rings (SSSR count). The predicted octanol–water partition coefficient (Wildman–Crippen LogP) is 3.26. The minimum Gasteiger partial charge on any atom is -0.342 e. The van der Waals surface area contributed by atoms with Crippen molar-refractivity contribution in [1.29, 1.82) is 5.26 Å². The molecule has 3 aliphatic rings. The zero-order valence-electron chi connectivity index (χ0n) is 17.2. The van der Waals surface area contributed by atoms with Gasteiger partial charge in [0.2, 0.25) is 5.91 Å². The number of hydrogen-bond donors (Lipinski definition) is 0. The maximum atomic E-state index is 13.0. The largest absolute Gasteiger partial charge is 0.342 e. The smallest absolute Gasteiger partial charge is 0.222 e. The van der Waals surface area contributed by atoms with Crippen LogP contribution in [-0.2, 0) is 4.79 Å². The highest BCUT2D eigenvalue weighted by atomic mass is 16.2. The predicted molar refractivity (Wildman–Crippen MR) is 112 cm³/mol. The molecular weight excluding hydrogens is 360 g/mol. The first kappa shape index (κ1) is 18.6. The van der Waals surface area contributed by atoms with Crippen molar-refractivity contribution in [2.45, 2.75) is 25.7 Å². The number of rotatable bonds is 3. The number of amides is 1. The SMILES string of the molecule is C[C@H]1C[C@H](c2ccc3cccc(C#N)c3n2)CN(C(=O)CC2[C@H]3CN(C)C[C@@H]23)C1. The summed E-state index contributed by atoms with van der Waals surface area (Å²) in [6.07, 6.45) is 1.75. The van der Waals surface area contributed by atoms with Gasteiger partial charge in [0.15, 0.2) is 0 Å². The molecule has 5 atom stereocenters. The van der Waals surface area contributed by atoms with Crippen molar-refractivity contribution in [3.05, 3.63) is 41.6 Å². The Bertz CT molecular complexity index is 984. The fraction of sp³-hybridized carbons (Fsp3) is 0.542. The van der Waals surface area contributed by atoms with Crippen LogP contribution in [0.4, 0.5) is 0 Å². The van der Waals surface area contributed by atoms with Crippen molar-refractivity contribution >= 4 is 16.8 Å². The van der Waals surface area contributed by atoms with Gasteiger partial charge in [-0.25, -0.2) is 0 Å². The van der Waals surface area contributed by atoms with Gasteiger partial charge in [0.25, 0.3) is 0 Å². The summed E-state index contributed by atoms with van der Waals surface area (Å²) in [6.45, 7) is 6.15. The fourth-order valence-corrected chi connectivity index (χ4v) is 5.74. The third-order valence-electron chi connectivity index (χ3n) is 7.26. The summed E-state index contributed by atoms with van der Waals surface area (Å²) >= 11 is 0. The van der Waals surface area contributed by atoms with Crippen LogP contribution in [0.1, 0.15) is 36.9 Å². The number of hydrogen-bond acceptors (Lipinski definition) is 4. The van der Waals surface area contributed by atoms with E-state index in [1.54, 1.807) is 0 Å². The molecule has 5 nitrogen and oxygen atoms in total. The zero-order chi connectivity index (χ0) is 20.1. The van der Waals surface area contributed by atoms with Gasteiger partial charge in [-0.2, -0.15) is 5.26 Å². The Morgan fingerprint density at radius 2 is 1.97 bits per heavy atom. The highest BCUT2D eigenvalue weighted by Crippen LogP contribution is 2.53. The van der Waals surface area contributed by atoms with Crippen molar-refractivity contribution in [2.75, 3.05) is 33.2 Å². The Balaban J connectivity index is 1.32. The number of carbonyl (C=O) groups is 1. The van der Waals surface area contributed by atoms with Crippen molar-refractivity contribution in [3.63, 3.8) is 0 Å². The number of fused-ring (bicyclic) bond motifs is 2. The number of likely N-dealkylation sites (tertiary alicyclic amines) is 2. The van der Waals surface area contributed by atoms with E-state index in [4.69, 9.17) is 4.98 Å². The van der Waals surface area contributed by atoms with Crippen LogP contribution in [0.25, 0.3) is 10.9 Å². The van der Waals surface area contributed by atoms with Crippen LogP contribution in [0.5, 0.6) is 0 Å². The van der Waals surface area contributed by atoms with Crippen LogP contribution in [0, 0.1) is 35.0 Å². The monoisotopic (exact) mass is 388 g/mol. The molecule has 1 amide bonds. The molecule has 2 aliphatic heterocycles. The number of nitriles is 1. The summed E-state index contributed by atoms with van der Waals surface area (Å²) in [5.74, 6) is 3.12. The minimum atomic E-state index is 0.240. The normalized spacial score (nSPS) is 31.5. The van der Waals surface area contributed by atoms with Crippen LogP contribution < -0.4 is 0 Å². The lowest BCUT2D eigenvalue weighted by Gasteiger charge is -2.36. The number of aromatic nitrogens is 1. The molecule has 0 radical (unpaired) electrons. The van der Waals surface area contributed by atoms with Gasteiger partial charge in [0.05, 0.1) is 11.1 Å². The van der Waals surface area contributed by atoms with Gasteiger partial charge >= 0.3 is 0 Å². The summed E-state index contributed by atoms with van der Waals surface area (Å²) in [4.78, 5) is 22.4. The van der Waals surface area contributed by atoms with Crippen LogP contribution in [-0.4, -0.2) is 53.9 Å². The van der Waals surface area contributed by atoms with E-state index in [0.29, 0.717) is 29.7 Å². The fourth-order valence-electron chi connectivity index (χ4n) is 5.74. The lowest BCUT2D eigenvalue weighted by molar-refractivity contribution is -0.133. The lowest BCUT2D eigenvalue weighted by Crippen LogP contribution is -2.43. The van der Waals surface area contributed by atoms with Crippen molar-refractivity contribution in [2.24, 2.45) is 23.7 Å². The van der Waals surface area contributed by atoms with E-state index in [9.17, 15) is 10.1 Å². The van der Waals surface area contributed by atoms with E-state index in [2.05, 4.69) is 42.0 Å². The zero-order valence-corrected chi connectivity index (χ0v) is 17.2. The maximum Gasteiger partial charge on any atom is 0.222 e. The second-order valence-electron chi connectivity index (χ2n) is 9.48. The number of piperidine rings is 2. The second-order valence-corrected chi connectivity index (χ2v) is 9.48. The Morgan fingerprint density at radius 1 is 1.17 bits per heavy atom. The quantitative estimate of drug-likeness (QED) is 0.810. The average Bonchev–Trinajstić information content (AvgIpc) is 3.16. The van der Waals surface area contributed by atoms with E-state index in [0.717, 1.165) is 61.0 Å². The van der Waals surface area contributed by atoms with Gasteiger partial charge in [0.1, 0.15) is 6.07 Å². The van der Waals surface area contributed by atoms with Gasteiger partial charge in [-0.15, -0.1) is 0 Å². The molecule has 29 heavy (non-hydrogen) atoms. The molecular formula is C24H28N4O. The highest BCUT2D eigenvalue weighted by Gasteiger charge is 2.55. The van der Waals surface area contributed by atoms with E-state index in [1.165, 1.54) is 0 Å². The molecule has 2 saturated heterocycles. The number of para-hydroxylation sites is 1. The van der Waals surface area contributed by atoms with E-state index in [-0.39, 0.29) is 5.92 Å². The number of pyridine rings is 1. The summed E-state index contributed by atoms with van der Waals surface area (Å²) in [5, 5.41) is 10.4. The third kappa shape index (κ3) is 3.40. The summed E-state index contributed by atoms with van der Waals surface area (Å²) in [5.41, 5.74) is 2.40. The Morgan fingerprint density at radius 3 is 2.72 bits per heavy atom. The van der Waals surface area contributed by atoms with Crippen LogP contribution in [0.15, 0.2) is 30.3 Å². The molecule has 1 aromatic heterocycles. The first-order valence-electron chi connectivity index (χ1n) is 10.8. The highest BCUT2D eigenvalue weighted by molar-refractivity contribution is 5.84. The van der Waals surface area contributed by atoms with Gasteiger partial charge in [0, 0.05) is 49.6 Å². The van der Waals surface area contributed by atoms with Crippen LogP contribution >= 0.6 is 0 Å². The molecule has 150 valence electrons. The molecule has 5 heteroatoms. The molecule has 0 bridgehead atoms. The lowest BCUT2D eigenvalue weighted by atomic mass is 9.87. The molecule has 1 saturated carbocycles. The minimum absolute atomic E-state index is 0.240. The molecule has 1 aromatic carbocycles. The molecule has 3 heterocycles. The van der Waals surface area contributed by atoms with Crippen LogP contribution in [0.3, 0.4) is 0 Å². The van der Waals surface area contributed by atoms with E-state index in [1.807, 2.05) is 18.2 Å². The second kappa shape index (κ2) is 7.11. The molecule has 1 unspecified atom stereocenters. The molecule has 3 fully saturated rings.